The summed E-state index contributed by atoms with van der Waals surface area (Å²) in [5, 5.41) is 11.5. The van der Waals surface area contributed by atoms with Gasteiger partial charge in [0.1, 0.15) is 11.8 Å². The van der Waals surface area contributed by atoms with Crippen LogP contribution in [0.3, 0.4) is 0 Å². The Morgan fingerprint density at radius 1 is 1.23 bits per heavy atom. The number of aromatic nitrogens is 1. The lowest BCUT2D eigenvalue weighted by atomic mass is 9.98. The molecule has 0 aliphatic carbocycles. The van der Waals surface area contributed by atoms with Crippen molar-refractivity contribution in [1.29, 1.82) is 0 Å². The van der Waals surface area contributed by atoms with Crippen LogP contribution in [0.1, 0.15) is 48.9 Å². The Balaban J connectivity index is 1.80. The van der Waals surface area contributed by atoms with Crippen LogP contribution < -0.4 is 0 Å². The summed E-state index contributed by atoms with van der Waals surface area (Å²) in [6.07, 6.45) is 1.50. The first-order chi connectivity index (χ1) is 14.3. The summed E-state index contributed by atoms with van der Waals surface area (Å²) in [6, 6.07) is 8.63. The number of aryl methyl sites for hydroxylation is 4. The third-order valence-corrected chi connectivity index (χ3v) is 6.39. The quantitative estimate of drug-likeness (QED) is 0.600. The predicted molar refractivity (Wildman–Crippen MR) is 113 cm³/mol. The SMILES string of the molecule is Cc1ccc(C)c(CN2C(=O)C(O)=C(C(=O)c3sc(C)nc3C)C2c2ccco2)c1. The summed E-state index contributed by atoms with van der Waals surface area (Å²) in [5.74, 6) is -1.08. The second-order valence-corrected chi connectivity index (χ2v) is 8.72. The maximum absolute atomic E-state index is 13.4. The lowest BCUT2D eigenvalue weighted by Gasteiger charge is -2.25. The Kier molecular flexibility index (Phi) is 5.07. The Morgan fingerprint density at radius 2 is 2.00 bits per heavy atom. The number of thiazole rings is 1. The van der Waals surface area contributed by atoms with Crippen LogP contribution >= 0.6 is 11.3 Å². The smallest absolute Gasteiger partial charge is 0.290 e. The average molecular weight is 423 g/mol. The molecule has 1 unspecified atom stereocenters. The van der Waals surface area contributed by atoms with E-state index in [-0.39, 0.29) is 12.1 Å². The summed E-state index contributed by atoms with van der Waals surface area (Å²) in [7, 11) is 0. The molecule has 154 valence electrons. The van der Waals surface area contributed by atoms with E-state index in [1.807, 2.05) is 39.0 Å². The van der Waals surface area contributed by atoms with Crippen molar-refractivity contribution in [3.63, 3.8) is 0 Å². The number of Topliss-reactive ketones (excluding diaryl/α,β-unsaturated/α-hetero) is 1. The zero-order chi connectivity index (χ0) is 21.6. The molecule has 1 amide bonds. The van der Waals surface area contributed by atoms with E-state index in [9.17, 15) is 14.7 Å². The van der Waals surface area contributed by atoms with Gasteiger partial charge in [0.25, 0.3) is 5.91 Å². The van der Waals surface area contributed by atoms with Crippen molar-refractivity contribution in [3.05, 3.63) is 86.0 Å². The number of furan rings is 1. The highest BCUT2D eigenvalue weighted by Crippen LogP contribution is 2.41. The molecule has 1 aromatic carbocycles. The van der Waals surface area contributed by atoms with Crippen molar-refractivity contribution in [2.75, 3.05) is 0 Å². The molecule has 1 aliphatic heterocycles. The fourth-order valence-corrected chi connectivity index (χ4v) is 4.68. The minimum atomic E-state index is -0.804. The summed E-state index contributed by atoms with van der Waals surface area (Å²) < 4.78 is 5.58. The van der Waals surface area contributed by atoms with Gasteiger partial charge in [-0.25, -0.2) is 4.98 Å². The zero-order valence-corrected chi connectivity index (χ0v) is 18.0. The van der Waals surface area contributed by atoms with E-state index >= 15 is 0 Å². The molecule has 1 aliphatic rings. The topological polar surface area (TPSA) is 83.6 Å². The van der Waals surface area contributed by atoms with E-state index in [0.29, 0.717) is 16.3 Å². The molecule has 3 heterocycles. The normalized spacial score (nSPS) is 16.6. The molecule has 7 heteroatoms. The molecular formula is C23H22N2O4S. The van der Waals surface area contributed by atoms with Crippen molar-refractivity contribution in [2.24, 2.45) is 0 Å². The van der Waals surface area contributed by atoms with Crippen LogP contribution in [0.25, 0.3) is 0 Å². The van der Waals surface area contributed by atoms with Gasteiger partial charge in [0, 0.05) is 6.54 Å². The maximum atomic E-state index is 13.4. The summed E-state index contributed by atoms with van der Waals surface area (Å²) in [5.41, 5.74) is 3.67. The molecular weight excluding hydrogens is 400 g/mol. The second kappa shape index (κ2) is 7.57. The number of carbonyl (C=O) groups is 2. The van der Waals surface area contributed by atoms with Crippen molar-refractivity contribution in [3.8, 4) is 0 Å². The number of nitrogens with zero attached hydrogens (tertiary/aromatic N) is 2. The molecule has 30 heavy (non-hydrogen) atoms. The highest BCUT2D eigenvalue weighted by Gasteiger charge is 2.45. The van der Waals surface area contributed by atoms with Gasteiger partial charge in [-0.1, -0.05) is 23.8 Å². The highest BCUT2D eigenvalue weighted by molar-refractivity contribution is 7.14. The Bertz CT molecular complexity index is 1170. The van der Waals surface area contributed by atoms with E-state index in [1.54, 1.807) is 19.1 Å². The van der Waals surface area contributed by atoms with Crippen LogP contribution in [0.5, 0.6) is 0 Å². The van der Waals surface area contributed by atoms with E-state index in [2.05, 4.69) is 4.98 Å². The molecule has 4 rings (SSSR count). The van der Waals surface area contributed by atoms with Gasteiger partial charge in [-0.05, 0) is 51.0 Å². The zero-order valence-electron chi connectivity index (χ0n) is 17.2. The lowest BCUT2D eigenvalue weighted by Crippen LogP contribution is -2.30. The fourth-order valence-electron chi connectivity index (χ4n) is 3.81. The number of hydrogen-bond donors (Lipinski definition) is 1. The Morgan fingerprint density at radius 3 is 2.63 bits per heavy atom. The largest absolute Gasteiger partial charge is 0.503 e. The predicted octanol–water partition coefficient (Wildman–Crippen LogP) is 4.75. The number of hydrogen-bond acceptors (Lipinski definition) is 6. The van der Waals surface area contributed by atoms with Crippen molar-refractivity contribution in [2.45, 2.75) is 40.3 Å². The highest BCUT2D eigenvalue weighted by atomic mass is 32.1. The number of carbonyl (C=O) groups excluding carboxylic acids is 2. The van der Waals surface area contributed by atoms with Crippen molar-refractivity contribution in [1.82, 2.24) is 9.88 Å². The first-order valence-corrected chi connectivity index (χ1v) is 10.4. The summed E-state index contributed by atoms with van der Waals surface area (Å²) in [6.45, 7) is 7.78. The average Bonchev–Trinajstić information content (AvgIpc) is 3.39. The van der Waals surface area contributed by atoms with Gasteiger partial charge >= 0.3 is 0 Å². The minimum Gasteiger partial charge on any atom is -0.503 e. The third kappa shape index (κ3) is 3.35. The number of rotatable bonds is 5. The maximum Gasteiger partial charge on any atom is 0.290 e. The Hall–Kier alpha value is -3.19. The molecule has 2 aromatic heterocycles. The first kappa shape index (κ1) is 20.1. The van der Waals surface area contributed by atoms with Gasteiger partial charge in [-0.2, -0.15) is 0 Å². The van der Waals surface area contributed by atoms with Gasteiger partial charge in [-0.3, -0.25) is 9.59 Å². The van der Waals surface area contributed by atoms with Gasteiger partial charge in [0.15, 0.2) is 5.76 Å². The molecule has 0 fully saturated rings. The van der Waals surface area contributed by atoms with E-state index in [1.165, 1.54) is 22.5 Å². The number of benzene rings is 1. The molecule has 0 radical (unpaired) electrons. The van der Waals surface area contributed by atoms with Gasteiger partial charge < -0.3 is 14.4 Å². The molecule has 3 aromatic rings. The molecule has 1 atom stereocenters. The van der Waals surface area contributed by atoms with Gasteiger partial charge in [0.05, 0.1) is 27.4 Å². The van der Waals surface area contributed by atoms with Crippen LogP contribution in [-0.2, 0) is 11.3 Å². The fraction of sp³-hybridized carbons (Fsp3) is 0.261. The Labute approximate surface area is 178 Å². The first-order valence-electron chi connectivity index (χ1n) is 9.60. The van der Waals surface area contributed by atoms with Crippen LogP contribution in [0.4, 0.5) is 0 Å². The number of aliphatic hydroxyl groups is 1. The molecule has 1 N–H and O–H groups in total. The summed E-state index contributed by atoms with van der Waals surface area (Å²) in [4.78, 5) is 32.7. The molecule has 0 bridgehead atoms. The van der Waals surface area contributed by atoms with Crippen LogP contribution in [0.15, 0.2) is 52.3 Å². The van der Waals surface area contributed by atoms with E-state index in [4.69, 9.17) is 4.42 Å². The standard InChI is InChI=1S/C23H22N2O4S/c1-12-7-8-13(2)16(10-12)11-25-19(17-6-5-9-29-17)18(21(27)23(25)28)20(26)22-14(3)24-15(4)30-22/h5-10,19,27H,11H2,1-4H3. The van der Waals surface area contributed by atoms with Gasteiger partial charge in [-0.15, -0.1) is 11.3 Å². The molecule has 0 spiro atoms. The molecule has 0 saturated carbocycles. The molecule has 0 saturated heterocycles. The van der Waals surface area contributed by atoms with Crippen LogP contribution in [0.2, 0.25) is 0 Å². The second-order valence-electron chi connectivity index (χ2n) is 7.52. The monoisotopic (exact) mass is 422 g/mol. The van der Waals surface area contributed by atoms with E-state index < -0.39 is 23.5 Å². The van der Waals surface area contributed by atoms with Crippen molar-refractivity contribution < 1.29 is 19.1 Å². The number of ketones is 1. The third-order valence-electron chi connectivity index (χ3n) is 5.32. The number of amides is 1. The van der Waals surface area contributed by atoms with Crippen LogP contribution in [0, 0.1) is 27.7 Å². The van der Waals surface area contributed by atoms with E-state index in [0.717, 1.165) is 21.7 Å². The lowest BCUT2D eigenvalue weighted by molar-refractivity contribution is -0.130. The van der Waals surface area contributed by atoms with Crippen LogP contribution in [-0.4, -0.2) is 26.7 Å². The summed E-state index contributed by atoms with van der Waals surface area (Å²) >= 11 is 1.26. The molecule has 6 nitrogen and oxygen atoms in total. The minimum absolute atomic E-state index is 0.0343. The van der Waals surface area contributed by atoms with Gasteiger partial charge in [0.2, 0.25) is 5.78 Å². The van der Waals surface area contributed by atoms with Crippen molar-refractivity contribution >= 4 is 23.0 Å². The number of aliphatic hydroxyl groups excluding tert-OH is 1.